The Balaban J connectivity index is 2.31. The normalized spacial score (nSPS) is 10.4. The number of benzene rings is 1. The number of rotatable bonds is 6. The third-order valence-corrected chi connectivity index (χ3v) is 3.45. The van der Waals surface area contributed by atoms with E-state index in [1.165, 1.54) is 11.8 Å². The van der Waals surface area contributed by atoms with Gasteiger partial charge < -0.3 is 10.0 Å². The molecule has 0 saturated carbocycles. The van der Waals surface area contributed by atoms with E-state index in [4.69, 9.17) is 16.7 Å². The summed E-state index contributed by atoms with van der Waals surface area (Å²) in [5, 5.41) is 9.91. The van der Waals surface area contributed by atoms with Crippen LogP contribution in [0.1, 0.15) is 5.56 Å². The average Bonchev–Trinajstić information content (AvgIpc) is 2.46. The highest BCUT2D eigenvalue weighted by molar-refractivity contribution is 7.98. The Kier molecular flexibility index (Phi) is 5.41. The van der Waals surface area contributed by atoms with Crippen LogP contribution in [0.25, 0.3) is 0 Å². The Bertz CT molecular complexity index is 625. The van der Waals surface area contributed by atoms with Crippen molar-refractivity contribution in [1.29, 1.82) is 0 Å². The number of halogens is 1. The van der Waals surface area contributed by atoms with Gasteiger partial charge in [-0.05, 0) is 11.8 Å². The van der Waals surface area contributed by atoms with Crippen molar-refractivity contribution in [3.05, 3.63) is 47.1 Å². The van der Waals surface area contributed by atoms with E-state index < -0.39 is 5.97 Å². The van der Waals surface area contributed by atoms with Crippen molar-refractivity contribution in [2.75, 3.05) is 17.7 Å². The molecule has 0 fully saturated rings. The van der Waals surface area contributed by atoms with Crippen molar-refractivity contribution in [3.8, 4) is 0 Å². The number of hydrogen-bond donors (Lipinski definition) is 1. The molecule has 0 aliphatic carbocycles. The predicted octanol–water partition coefficient (Wildman–Crippen LogP) is 2.94. The zero-order valence-electron chi connectivity index (χ0n) is 11.4. The topological polar surface area (TPSA) is 66.3 Å². The number of carboxylic acids is 1. The largest absolute Gasteiger partial charge is 0.480 e. The molecule has 0 amide bonds. The van der Waals surface area contributed by atoms with E-state index in [0.29, 0.717) is 22.7 Å². The van der Waals surface area contributed by atoms with Gasteiger partial charge in [0, 0.05) is 12.6 Å². The molecule has 2 rings (SSSR count). The molecule has 21 heavy (non-hydrogen) atoms. The van der Waals surface area contributed by atoms with Crippen molar-refractivity contribution in [2.45, 2.75) is 11.7 Å². The Morgan fingerprint density at radius 2 is 2.05 bits per heavy atom. The molecular weight excluding hydrogens is 310 g/mol. The Hall–Kier alpha value is -1.79. The summed E-state index contributed by atoms with van der Waals surface area (Å²) in [7, 11) is 0. The third kappa shape index (κ3) is 4.61. The lowest BCUT2D eigenvalue weighted by Crippen LogP contribution is -2.30. The molecule has 2 aromatic rings. The maximum absolute atomic E-state index is 11.1. The first-order chi connectivity index (χ1) is 10.1. The zero-order valence-corrected chi connectivity index (χ0v) is 12.9. The highest BCUT2D eigenvalue weighted by Crippen LogP contribution is 2.21. The quantitative estimate of drug-likeness (QED) is 0.501. The van der Waals surface area contributed by atoms with E-state index in [0.717, 1.165) is 5.56 Å². The molecule has 1 aromatic heterocycles. The molecule has 7 heteroatoms. The number of thioether (sulfide) groups is 1. The maximum atomic E-state index is 11.1. The van der Waals surface area contributed by atoms with Gasteiger partial charge in [-0.2, -0.15) is 0 Å². The minimum atomic E-state index is -0.925. The van der Waals surface area contributed by atoms with E-state index in [1.54, 1.807) is 11.0 Å². The van der Waals surface area contributed by atoms with Gasteiger partial charge in [-0.15, -0.1) is 0 Å². The van der Waals surface area contributed by atoms with E-state index in [2.05, 4.69) is 9.97 Å². The van der Waals surface area contributed by atoms with Gasteiger partial charge in [-0.25, -0.2) is 9.97 Å². The van der Waals surface area contributed by atoms with Crippen molar-refractivity contribution >= 4 is 35.1 Å². The van der Waals surface area contributed by atoms with E-state index in [1.807, 2.05) is 36.6 Å². The molecule has 5 nitrogen and oxygen atoms in total. The summed E-state index contributed by atoms with van der Waals surface area (Å²) in [5.41, 5.74) is 0.999. The number of aliphatic carboxylic acids is 1. The standard InChI is InChI=1S/C14H14ClN3O2S/c1-21-14-16-11(15)7-12(17-14)18(9-13(19)20)8-10-5-3-2-4-6-10/h2-7H,8-9H2,1H3,(H,19,20). The molecule has 1 heterocycles. The highest BCUT2D eigenvalue weighted by atomic mass is 35.5. The lowest BCUT2D eigenvalue weighted by molar-refractivity contribution is -0.135. The van der Waals surface area contributed by atoms with Crippen LogP contribution in [-0.2, 0) is 11.3 Å². The number of carboxylic acid groups (broad SMARTS) is 1. The van der Waals surface area contributed by atoms with Gasteiger partial charge in [0.1, 0.15) is 17.5 Å². The zero-order chi connectivity index (χ0) is 15.2. The van der Waals surface area contributed by atoms with Gasteiger partial charge in [0.15, 0.2) is 5.16 Å². The first-order valence-electron chi connectivity index (χ1n) is 6.17. The number of carbonyl (C=O) groups is 1. The summed E-state index contributed by atoms with van der Waals surface area (Å²) in [6.07, 6.45) is 1.84. The summed E-state index contributed by atoms with van der Waals surface area (Å²) in [6, 6.07) is 11.2. The summed E-state index contributed by atoms with van der Waals surface area (Å²) >= 11 is 7.33. The van der Waals surface area contributed by atoms with Gasteiger partial charge >= 0.3 is 5.97 Å². The molecule has 1 N–H and O–H groups in total. The second kappa shape index (κ2) is 7.28. The third-order valence-electron chi connectivity index (χ3n) is 2.71. The first-order valence-corrected chi connectivity index (χ1v) is 7.78. The molecule has 0 bridgehead atoms. The highest BCUT2D eigenvalue weighted by Gasteiger charge is 2.15. The Morgan fingerprint density at radius 3 is 2.67 bits per heavy atom. The Labute approximate surface area is 132 Å². The lowest BCUT2D eigenvalue weighted by Gasteiger charge is -2.22. The predicted molar refractivity (Wildman–Crippen MR) is 84.0 cm³/mol. The molecule has 0 unspecified atom stereocenters. The van der Waals surface area contributed by atoms with Crippen molar-refractivity contribution in [2.24, 2.45) is 0 Å². The van der Waals surface area contributed by atoms with Crippen LogP contribution >= 0.6 is 23.4 Å². The second-order valence-corrected chi connectivity index (χ2v) is 5.43. The fourth-order valence-corrected chi connectivity index (χ4v) is 2.43. The van der Waals surface area contributed by atoms with Crippen molar-refractivity contribution in [1.82, 2.24) is 9.97 Å². The molecule has 0 atom stereocenters. The van der Waals surface area contributed by atoms with Gasteiger partial charge in [0.2, 0.25) is 0 Å². The minimum absolute atomic E-state index is 0.157. The summed E-state index contributed by atoms with van der Waals surface area (Å²) in [6.45, 7) is 0.282. The fraction of sp³-hybridized carbons (Fsp3) is 0.214. The number of anilines is 1. The Morgan fingerprint density at radius 1 is 1.33 bits per heavy atom. The molecule has 0 radical (unpaired) electrons. The van der Waals surface area contributed by atoms with Crippen LogP contribution in [0.4, 0.5) is 5.82 Å². The van der Waals surface area contributed by atoms with Gasteiger partial charge in [-0.3, -0.25) is 4.79 Å². The van der Waals surface area contributed by atoms with Gasteiger partial charge in [0.05, 0.1) is 0 Å². The smallest absolute Gasteiger partial charge is 0.323 e. The molecular formula is C14H14ClN3O2S. The van der Waals surface area contributed by atoms with Crippen LogP contribution in [0.5, 0.6) is 0 Å². The van der Waals surface area contributed by atoms with E-state index in [-0.39, 0.29) is 6.54 Å². The summed E-state index contributed by atoms with van der Waals surface area (Å²) in [5.74, 6) is -0.419. The van der Waals surface area contributed by atoms with Crippen LogP contribution in [-0.4, -0.2) is 33.8 Å². The monoisotopic (exact) mass is 323 g/mol. The summed E-state index contributed by atoms with van der Waals surface area (Å²) in [4.78, 5) is 21.1. The molecule has 0 saturated heterocycles. The first kappa shape index (κ1) is 15.6. The maximum Gasteiger partial charge on any atom is 0.323 e. The molecule has 0 aliphatic rings. The molecule has 0 spiro atoms. The minimum Gasteiger partial charge on any atom is -0.480 e. The van der Waals surface area contributed by atoms with E-state index >= 15 is 0 Å². The second-order valence-electron chi connectivity index (χ2n) is 4.27. The molecule has 0 aliphatic heterocycles. The van der Waals surface area contributed by atoms with Crippen LogP contribution in [0.3, 0.4) is 0 Å². The SMILES string of the molecule is CSc1nc(Cl)cc(N(CC(=O)O)Cc2ccccc2)n1. The van der Waals surface area contributed by atoms with Crippen LogP contribution in [0, 0.1) is 0 Å². The molecule has 1 aromatic carbocycles. The fourth-order valence-electron chi connectivity index (χ4n) is 1.82. The van der Waals surface area contributed by atoms with Crippen LogP contribution in [0.15, 0.2) is 41.6 Å². The lowest BCUT2D eigenvalue weighted by atomic mass is 10.2. The number of nitrogens with zero attached hydrogens (tertiary/aromatic N) is 3. The van der Waals surface area contributed by atoms with Crippen molar-refractivity contribution < 1.29 is 9.90 Å². The number of aromatic nitrogens is 2. The van der Waals surface area contributed by atoms with E-state index in [9.17, 15) is 4.79 Å². The van der Waals surface area contributed by atoms with Crippen LogP contribution in [0.2, 0.25) is 5.15 Å². The van der Waals surface area contributed by atoms with Gasteiger partial charge in [-0.1, -0.05) is 53.7 Å². The van der Waals surface area contributed by atoms with Crippen LogP contribution < -0.4 is 4.90 Å². The van der Waals surface area contributed by atoms with Crippen molar-refractivity contribution in [3.63, 3.8) is 0 Å². The average molecular weight is 324 g/mol. The molecule has 110 valence electrons. The number of hydrogen-bond acceptors (Lipinski definition) is 5. The summed E-state index contributed by atoms with van der Waals surface area (Å²) < 4.78 is 0. The van der Waals surface area contributed by atoms with Gasteiger partial charge in [0.25, 0.3) is 0 Å².